The summed E-state index contributed by atoms with van der Waals surface area (Å²) in [6, 6.07) is 12.3. The molecule has 9 heteroatoms. The number of likely N-dealkylation sites (tertiary alicyclic amines) is 1. The molecule has 4 aromatic rings. The van der Waals surface area contributed by atoms with E-state index in [9.17, 15) is 10.4 Å². The number of nitriles is 1. The minimum atomic E-state index is 0.180. The van der Waals surface area contributed by atoms with Crippen LogP contribution < -0.4 is 0 Å². The van der Waals surface area contributed by atoms with Gasteiger partial charge in [-0.05, 0) is 32.8 Å². The second-order valence-electron chi connectivity index (χ2n) is 9.12. The molecule has 0 radical (unpaired) electrons. The minimum absolute atomic E-state index is 0.180. The number of hydrogen-bond acceptors (Lipinski definition) is 6. The SMILES string of the molecule is [C-]#[N+]c1ccccc1Sc1cc(-c2cnn(C3CCN([C@H](C)CO)CC3)c2C)cn2ncc(C#N)c12. The predicted octanol–water partition coefficient (Wildman–Crippen LogP) is 5.10. The Hall–Kier alpha value is -3.63. The zero-order chi connectivity index (χ0) is 25.2. The van der Waals surface area contributed by atoms with Crippen LogP contribution in [0.3, 0.4) is 0 Å². The first-order chi connectivity index (χ1) is 17.5. The fourth-order valence-electron chi connectivity index (χ4n) is 4.91. The van der Waals surface area contributed by atoms with Gasteiger partial charge in [0.2, 0.25) is 5.69 Å². The number of piperidine rings is 1. The molecule has 4 heterocycles. The van der Waals surface area contributed by atoms with Crippen molar-refractivity contribution in [3.8, 4) is 17.2 Å². The van der Waals surface area contributed by atoms with Gasteiger partial charge in [-0.25, -0.2) is 9.36 Å². The topological polar surface area (TPSA) is 86.7 Å². The third kappa shape index (κ3) is 4.38. The van der Waals surface area contributed by atoms with Crippen molar-refractivity contribution in [1.82, 2.24) is 24.3 Å². The van der Waals surface area contributed by atoms with E-state index in [0.717, 1.165) is 58.1 Å². The number of benzene rings is 1. The fourth-order valence-corrected chi connectivity index (χ4v) is 5.99. The standard InChI is InChI=1S/C27H27N7OS/c1-18(17-35)32-10-8-22(9-11-32)34-19(2)23(15-31-34)20-12-26(27-21(13-28)14-30-33(27)16-20)36-25-7-5-4-6-24(25)29-3/h4-7,12,14-16,18,22,35H,8-11,17H2,1-2H3/t18-/m1/s1. The van der Waals surface area contributed by atoms with Crippen LogP contribution in [0, 0.1) is 24.8 Å². The molecular weight excluding hydrogens is 470 g/mol. The number of rotatable bonds is 6. The third-order valence-electron chi connectivity index (χ3n) is 6.99. The lowest BCUT2D eigenvalue weighted by atomic mass is 10.0. The number of fused-ring (bicyclic) bond motifs is 1. The molecule has 1 saturated heterocycles. The van der Waals surface area contributed by atoms with Gasteiger partial charge in [-0.3, -0.25) is 9.58 Å². The Bertz CT molecular complexity index is 1480. The van der Waals surface area contributed by atoms with Crippen molar-refractivity contribution in [2.45, 2.75) is 48.6 Å². The Labute approximate surface area is 214 Å². The second kappa shape index (κ2) is 10.2. The van der Waals surface area contributed by atoms with Crippen molar-refractivity contribution >= 4 is 23.0 Å². The Morgan fingerprint density at radius 3 is 2.72 bits per heavy atom. The molecule has 0 unspecified atom stereocenters. The summed E-state index contributed by atoms with van der Waals surface area (Å²) in [6.07, 6.45) is 7.42. The second-order valence-corrected chi connectivity index (χ2v) is 10.2. The average molecular weight is 498 g/mol. The van der Waals surface area contributed by atoms with Gasteiger partial charge in [0.05, 0.1) is 42.7 Å². The van der Waals surface area contributed by atoms with Gasteiger partial charge >= 0.3 is 0 Å². The zero-order valence-electron chi connectivity index (χ0n) is 20.3. The Morgan fingerprint density at radius 2 is 2.00 bits per heavy atom. The van der Waals surface area contributed by atoms with Crippen LogP contribution in [0.15, 0.2) is 58.7 Å². The van der Waals surface area contributed by atoms with Crippen LogP contribution >= 0.6 is 11.8 Å². The average Bonchev–Trinajstić information content (AvgIpc) is 3.51. The molecule has 1 fully saturated rings. The van der Waals surface area contributed by atoms with Gasteiger partial charge in [0.25, 0.3) is 0 Å². The highest BCUT2D eigenvalue weighted by atomic mass is 32.2. The lowest BCUT2D eigenvalue weighted by Gasteiger charge is -2.35. The molecule has 1 atom stereocenters. The third-order valence-corrected chi connectivity index (χ3v) is 8.09. The first-order valence-electron chi connectivity index (χ1n) is 12.0. The van der Waals surface area contributed by atoms with E-state index in [-0.39, 0.29) is 12.6 Å². The van der Waals surface area contributed by atoms with Crippen LogP contribution in [-0.2, 0) is 0 Å². The lowest BCUT2D eigenvalue weighted by molar-refractivity contribution is 0.0954. The highest BCUT2D eigenvalue weighted by Crippen LogP contribution is 2.40. The van der Waals surface area contributed by atoms with Crippen molar-refractivity contribution in [1.29, 1.82) is 5.26 Å². The van der Waals surface area contributed by atoms with Crippen molar-refractivity contribution in [2.24, 2.45) is 0 Å². The van der Waals surface area contributed by atoms with Gasteiger partial charge in [0, 0.05) is 51.9 Å². The van der Waals surface area contributed by atoms with Gasteiger partial charge in [-0.2, -0.15) is 15.5 Å². The maximum absolute atomic E-state index is 9.67. The number of pyridine rings is 1. The maximum atomic E-state index is 9.67. The summed E-state index contributed by atoms with van der Waals surface area (Å²) in [5, 5.41) is 28.4. The Kier molecular flexibility index (Phi) is 6.80. The highest BCUT2D eigenvalue weighted by molar-refractivity contribution is 7.99. The summed E-state index contributed by atoms with van der Waals surface area (Å²) < 4.78 is 3.88. The lowest BCUT2D eigenvalue weighted by Crippen LogP contribution is -2.42. The molecule has 0 aliphatic carbocycles. The van der Waals surface area contributed by atoms with E-state index in [0.29, 0.717) is 17.3 Å². The molecule has 3 aromatic heterocycles. The van der Waals surface area contributed by atoms with E-state index in [1.165, 1.54) is 11.8 Å². The van der Waals surface area contributed by atoms with Gasteiger partial charge in [-0.1, -0.05) is 36.0 Å². The summed E-state index contributed by atoms with van der Waals surface area (Å²) >= 11 is 1.48. The van der Waals surface area contributed by atoms with Gasteiger partial charge in [0.15, 0.2) is 0 Å². The summed E-state index contributed by atoms with van der Waals surface area (Å²) in [6.45, 7) is 13.8. The van der Waals surface area contributed by atoms with Crippen LogP contribution in [0.5, 0.6) is 0 Å². The molecule has 0 spiro atoms. The molecule has 1 aromatic carbocycles. The van der Waals surface area contributed by atoms with E-state index in [2.05, 4.69) is 45.5 Å². The van der Waals surface area contributed by atoms with E-state index in [1.54, 1.807) is 16.8 Å². The molecule has 1 aliphatic heterocycles. The van der Waals surface area contributed by atoms with Crippen LogP contribution in [0.25, 0.3) is 21.5 Å². The van der Waals surface area contributed by atoms with E-state index >= 15 is 0 Å². The summed E-state index contributed by atoms with van der Waals surface area (Å²) in [4.78, 5) is 7.70. The van der Waals surface area contributed by atoms with Gasteiger partial charge < -0.3 is 5.11 Å². The molecule has 182 valence electrons. The predicted molar refractivity (Wildman–Crippen MR) is 139 cm³/mol. The molecule has 1 N–H and O–H groups in total. The molecular formula is C27H27N7OS. The van der Waals surface area contributed by atoms with Gasteiger partial charge in [-0.15, -0.1) is 0 Å². The molecule has 1 aliphatic rings. The molecule has 36 heavy (non-hydrogen) atoms. The van der Waals surface area contributed by atoms with E-state index in [1.807, 2.05) is 30.6 Å². The fraction of sp³-hybridized carbons (Fsp3) is 0.333. The van der Waals surface area contributed by atoms with Crippen LogP contribution in [-0.4, -0.2) is 55.1 Å². The van der Waals surface area contributed by atoms with Crippen molar-refractivity contribution < 1.29 is 5.11 Å². The number of para-hydroxylation sites is 1. The van der Waals surface area contributed by atoms with E-state index < -0.39 is 0 Å². The first-order valence-corrected chi connectivity index (χ1v) is 12.8. The summed E-state index contributed by atoms with van der Waals surface area (Å²) in [5.74, 6) is 0. The Morgan fingerprint density at radius 1 is 1.22 bits per heavy atom. The number of aromatic nitrogens is 4. The quantitative estimate of drug-likeness (QED) is 0.373. The van der Waals surface area contributed by atoms with Crippen LogP contribution in [0.1, 0.15) is 37.1 Å². The molecule has 0 saturated carbocycles. The van der Waals surface area contributed by atoms with Gasteiger partial charge in [0.1, 0.15) is 6.07 Å². The minimum Gasteiger partial charge on any atom is -0.395 e. The van der Waals surface area contributed by atoms with Crippen molar-refractivity contribution in [3.63, 3.8) is 0 Å². The molecule has 0 bridgehead atoms. The number of nitrogens with zero attached hydrogens (tertiary/aromatic N) is 7. The largest absolute Gasteiger partial charge is 0.395 e. The number of aliphatic hydroxyl groups is 1. The van der Waals surface area contributed by atoms with Crippen LogP contribution in [0.4, 0.5) is 5.69 Å². The van der Waals surface area contributed by atoms with E-state index in [4.69, 9.17) is 11.7 Å². The first kappa shape index (κ1) is 24.1. The molecule has 5 rings (SSSR count). The smallest absolute Gasteiger partial charge is 0.200 e. The molecule has 8 nitrogen and oxygen atoms in total. The highest BCUT2D eigenvalue weighted by Gasteiger charge is 2.26. The molecule has 0 amide bonds. The number of aliphatic hydroxyl groups excluding tert-OH is 1. The summed E-state index contributed by atoms with van der Waals surface area (Å²) in [5.41, 5.74) is 4.90. The monoisotopic (exact) mass is 497 g/mol. The van der Waals surface area contributed by atoms with Crippen LogP contribution in [0.2, 0.25) is 0 Å². The van der Waals surface area contributed by atoms with Crippen molar-refractivity contribution in [2.75, 3.05) is 19.7 Å². The zero-order valence-corrected chi connectivity index (χ0v) is 21.1. The normalized spacial score (nSPS) is 15.6. The van der Waals surface area contributed by atoms with Crippen molar-refractivity contribution in [3.05, 3.63) is 71.6 Å². The summed E-state index contributed by atoms with van der Waals surface area (Å²) in [7, 11) is 0. The Balaban J connectivity index is 1.51. The number of hydrogen-bond donors (Lipinski definition) is 1. The maximum Gasteiger partial charge on any atom is 0.200 e.